The van der Waals surface area contributed by atoms with Crippen molar-refractivity contribution in [2.75, 3.05) is 18.9 Å². The van der Waals surface area contributed by atoms with Crippen LogP contribution < -0.4 is 15.2 Å². The molecule has 0 unspecified atom stereocenters. The summed E-state index contributed by atoms with van der Waals surface area (Å²) in [6.07, 6.45) is 1.73. The number of hydrogen-bond donors (Lipinski definition) is 1. The molecular formula is C12H12BrN3O2. The number of anilines is 1. The number of benzene rings is 1. The van der Waals surface area contributed by atoms with E-state index in [1.165, 1.54) is 0 Å². The monoisotopic (exact) mass is 309 g/mol. The average molecular weight is 310 g/mol. The number of fused-ring (bicyclic) bond motifs is 1. The summed E-state index contributed by atoms with van der Waals surface area (Å²) < 4.78 is 13.8. The number of nitrogen functional groups attached to an aromatic ring is 1. The first kappa shape index (κ1) is 11.4. The van der Waals surface area contributed by atoms with Crippen LogP contribution in [0.3, 0.4) is 0 Å². The molecule has 18 heavy (non-hydrogen) atoms. The zero-order valence-electron chi connectivity index (χ0n) is 9.81. The molecule has 1 aliphatic heterocycles. The molecule has 0 amide bonds. The molecule has 2 N–H and O–H groups in total. The van der Waals surface area contributed by atoms with Gasteiger partial charge in [-0.25, -0.2) is 0 Å². The molecule has 5 nitrogen and oxygen atoms in total. The zero-order valence-corrected chi connectivity index (χ0v) is 11.4. The quantitative estimate of drug-likeness (QED) is 0.877. The van der Waals surface area contributed by atoms with Crippen molar-refractivity contribution in [1.82, 2.24) is 9.78 Å². The molecular weight excluding hydrogens is 298 g/mol. The number of aromatic nitrogens is 2. The van der Waals surface area contributed by atoms with Gasteiger partial charge in [-0.05, 0) is 12.1 Å². The highest BCUT2D eigenvalue weighted by atomic mass is 79.9. The van der Waals surface area contributed by atoms with E-state index in [0.29, 0.717) is 19.0 Å². The summed E-state index contributed by atoms with van der Waals surface area (Å²) >= 11 is 3.53. The number of nitrogens with two attached hydrogens (primary N) is 1. The van der Waals surface area contributed by atoms with Crippen LogP contribution in [-0.2, 0) is 7.05 Å². The van der Waals surface area contributed by atoms with E-state index in [9.17, 15) is 0 Å². The lowest BCUT2D eigenvalue weighted by molar-refractivity contribution is 0.172. The van der Waals surface area contributed by atoms with Crippen molar-refractivity contribution in [3.63, 3.8) is 0 Å². The highest BCUT2D eigenvalue weighted by molar-refractivity contribution is 9.10. The maximum Gasteiger partial charge on any atom is 0.170 e. The van der Waals surface area contributed by atoms with Gasteiger partial charge in [0, 0.05) is 22.6 Å². The lowest BCUT2D eigenvalue weighted by atomic mass is 10.1. The molecule has 1 aromatic carbocycles. The predicted octanol–water partition coefficient (Wildman–Crippen LogP) is 2.20. The molecule has 1 aliphatic rings. The molecule has 0 fully saturated rings. The maximum absolute atomic E-state index is 6.02. The Morgan fingerprint density at radius 2 is 2.11 bits per heavy atom. The summed E-state index contributed by atoms with van der Waals surface area (Å²) in [5.74, 6) is 2.05. The first-order valence-corrected chi connectivity index (χ1v) is 6.33. The van der Waals surface area contributed by atoms with Gasteiger partial charge in [-0.3, -0.25) is 4.68 Å². The fourth-order valence-corrected chi connectivity index (χ4v) is 2.51. The van der Waals surface area contributed by atoms with Crippen LogP contribution in [0.2, 0.25) is 0 Å². The molecule has 3 rings (SSSR count). The second-order valence-electron chi connectivity index (χ2n) is 4.01. The number of ether oxygens (including phenoxy) is 2. The smallest absolute Gasteiger partial charge is 0.170 e. The minimum atomic E-state index is 0.538. The summed E-state index contributed by atoms with van der Waals surface area (Å²) in [5.41, 5.74) is 7.75. The van der Waals surface area contributed by atoms with Gasteiger partial charge in [-0.1, -0.05) is 15.9 Å². The Morgan fingerprint density at radius 1 is 1.33 bits per heavy atom. The fraction of sp³-hybridized carbons (Fsp3) is 0.250. The summed E-state index contributed by atoms with van der Waals surface area (Å²) in [6.45, 7) is 1.10. The van der Waals surface area contributed by atoms with Gasteiger partial charge in [0.1, 0.15) is 19.0 Å². The SMILES string of the molecule is Cn1ncc(-c2c(Br)ccc3c2OCCO3)c1N. The lowest BCUT2D eigenvalue weighted by Crippen LogP contribution is -2.16. The Balaban J connectivity index is 2.25. The first-order chi connectivity index (χ1) is 8.68. The van der Waals surface area contributed by atoms with E-state index < -0.39 is 0 Å². The largest absolute Gasteiger partial charge is 0.486 e. The predicted molar refractivity (Wildman–Crippen MR) is 71.7 cm³/mol. The summed E-state index contributed by atoms with van der Waals surface area (Å²) in [4.78, 5) is 0. The lowest BCUT2D eigenvalue weighted by Gasteiger charge is -2.21. The van der Waals surface area contributed by atoms with Crippen molar-refractivity contribution in [3.8, 4) is 22.6 Å². The van der Waals surface area contributed by atoms with Gasteiger partial charge in [0.15, 0.2) is 11.5 Å². The molecule has 1 aromatic heterocycles. The molecule has 94 valence electrons. The van der Waals surface area contributed by atoms with Crippen LogP contribution in [0.1, 0.15) is 0 Å². The molecule has 0 radical (unpaired) electrons. The van der Waals surface area contributed by atoms with Crippen molar-refractivity contribution in [3.05, 3.63) is 22.8 Å². The van der Waals surface area contributed by atoms with Crippen LogP contribution in [0.4, 0.5) is 5.82 Å². The Labute approximate surface area is 113 Å². The van der Waals surface area contributed by atoms with E-state index in [2.05, 4.69) is 21.0 Å². The molecule has 0 saturated heterocycles. The topological polar surface area (TPSA) is 62.3 Å². The Kier molecular flexibility index (Phi) is 2.66. The maximum atomic E-state index is 6.02. The fourth-order valence-electron chi connectivity index (χ4n) is 1.98. The molecule has 6 heteroatoms. The Morgan fingerprint density at radius 3 is 2.83 bits per heavy atom. The van der Waals surface area contributed by atoms with E-state index in [0.717, 1.165) is 27.1 Å². The number of halogens is 1. The molecule has 2 heterocycles. The molecule has 0 aliphatic carbocycles. The van der Waals surface area contributed by atoms with E-state index in [-0.39, 0.29) is 0 Å². The normalized spacial score (nSPS) is 13.7. The molecule has 0 atom stereocenters. The van der Waals surface area contributed by atoms with Crippen molar-refractivity contribution in [1.29, 1.82) is 0 Å². The zero-order chi connectivity index (χ0) is 12.7. The number of hydrogen-bond acceptors (Lipinski definition) is 4. The summed E-state index contributed by atoms with van der Waals surface area (Å²) in [6, 6.07) is 3.81. The first-order valence-electron chi connectivity index (χ1n) is 5.54. The minimum Gasteiger partial charge on any atom is -0.486 e. The van der Waals surface area contributed by atoms with Crippen LogP contribution in [0.15, 0.2) is 22.8 Å². The summed E-state index contributed by atoms with van der Waals surface area (Å²) in [7, 11) is 1.81. The molecule has 0 saturated carbocycles. The molecule has 0 spiro atoms. The Hall–Kier alpha value is -1.69. The van der Waals surface area contributed by atoms with E-state index in [4.69, 9.17) is 15.2 Å². The third-order valence-corrected chi connectivity index (χ3v) is 3.57. The van der Waals surface area contributed by atoms with Crippen LogP contribution in [0.25, 0.3) is 11.1 Å². The van der Waals surface area contributed by atoms with Crippen LogP contribution in [0.5, 0.6) is 11.5 Å². The van der Waals surface area contributed by atoms with Gasteiger partial charge < -0.3 is 15.2 Å². The number of nitrogens with zero attached hydrogens (tertiary/aromatic N) is 2. The van der Waals surface area contributed by atoms with Crippen molar-refractivity contribution in [2.45, 2.75) is 0 Å². The average Bonchev–Trinajstić information content (AvgIpc) is 2.70. The van der Waals surface area contributed by atoms with E-state index >= 15 is 0 Å². The van der Waals surface area contributed by atoms with Crippen LogP contribution >= 0.6 is 15.9 Å². The third-order valence-electron chi connectivity index (χ3n) is 2.91. The van der Waals surface area contributed by atoms with Crippen LogP contribution in [0, 0.1) is 0 Å². The van der Waals surface area contributed by atoms with Crippen molar-refractivity contribution >= 4 is 21.7 Å². The van der Waals surface area contributed by atoms with Gasteiger partial charge in [0.25, 0.3) is 0 Å². The van der Waals surface area contributed by atoms with Gasteiger partial charge in [0.05, 0.1) is 6.20 Å². The van der Waals surface area contributed by atoms with Gasteiger partial charge >= 0.3 is 0 Å². The van der Waals surface area contributed by atoms with E-state index in [1.54, 1.807) is 17.9 Å². The molecule has 2 aromatic rings. The summed E-state index contributed by atoms with van der Waals surface area (Å²) in [5, 5.41) is 4.16. The van der Waals surface area contributed by atoms with Gasteiger partial charge in [-0.15, -0.1) is 0 Å². The van der Waals surface area contributed by atoms with E-state index in [1.807, 2.05) is 12.1 Å². The molecule has 0 bridgehead atoms. The van der Waals surface area contributed by atoms with Crippen molar-refractivity contribution in [2.24, 2.45) is 7.05 Å². The van der Waals surface area contributed by atoms with Gasteiger partial charge in [0.2, 0.25) is 0 Å². The highest BCUT2D eigenvalue weighted by Gasteiger charge is 2.22. The van der Waals surface area contributed by atoms with Crippen molar-refractivity contribution < 1.29 is 9.47 Å². The number of aryl methyl sites for hydroxylation is 1. The van der Waals surface area contributed by atoms with Gasteiger partial charge in [-0.2, -0.15) is 5.10 Å². The second-order valence-corrected chi connectivity index (χ2v) is 4.87. The van der Waals surface area contributed by atoms with Crippen LogP contribution in [-0.4, -0.2) is 23.0 Å². The minimum absolute atomic E-state index is 0.538. The second kappa shape index (κ2) is 4.20. The Bertz CT molecular complexity index is 610. The highest BCUT2D eigenvalue weighted by Crippen LogP contribution is 2.45. The third kappa shape index (κ3) is 1.64. The number of rotatable bonds is 1. The standard InChI is InChI=1S/C12H12BrN3O2/c1-16-12(14)7(6-15-16)10-8(13)2-3-9-11(10)18-5-4-17-9/h2-3,6H,4-5,14H2,1H3.